The maximum absolute atomic E-state index is 13.8. The van der Waals surface area contributed by atoms with Gasteiger partial charge in [0, 0.05) is 34.2 Å². The highest BCUT2D eigenvalue weighted by Gasteiger charge is 2.54. The number of ether oxygens (including phenoxy) is 2. The molecule has 3 aliphatic heterocycles. The summed E-state index contributed by atoms with van der Waals surface area (Å²) in [5.41, 5.74) is -0.134. The number of carbonyl (C=O) groups excluding carboxylic acids is 3. The number of phenolic OH excluding ortho intramolecular Hbond substituents is 1. The van der Waals surface area contributed by atoms with Gasteiger partial charge in [-0.3, -0.25) is 25.1 Å². The highest BCUT2D eigenvalue weighted by atomic mass is 16.7. The average Bonchev–Trinajstić information content (AvgIpc) is 3.76. The molecule has 0 bridgehead atoms. The van der Waals surface area contributed by atoms with E-state index in [-0.39, 0.29) is 77.0 Å². The first kappa shape index (κ1) is 33.0. The monoisotopic (exact) mass is 696 g/mol. The number of amides is 1. The van der Waals surface area contributed by atoms with Crippen LogP contribution < -0.4 is 15.0 Å². The lowest BCUT2D eigenvalue weighted by atomic mass is 9.81. The number of carbonyl (C=O) groups is 3. The molecular weight excluding hydrogens is 662 g/mol. The summed E-state index contributed by atoms with van der Waals surface area (Å²) in [5, 5.41) is 66.3. The highest BCUT2D eigenvalue weighted by molar-refractivity contribution is 6.68. The van der Waals surface area contributed by atoms with Gasteiger partial charge in [0.2, 0.25) is 18.0 Å². The molecule has 2 aliphatic carbocycles. The van der Waals surface area contributed by atoms with Crippen LogP contribution in [0.4, 0.5) is 5.69 Å². The van der Waals surface area contributed by atoms with Gasteiger partial charge in [-0.1, -0.05) is 55.3 Å². The number of hydrogen-bond donors (Lipinski definition) is 8. The fourth-order valence-corrected chi connectivity index (χ4v) is 7.76. The Balaban J connectivity index is 1.23. The van der Waals surface area contributed by atoms with Gasteiger partial charge in [-0.15, -0.1) is 0 Å². The Hall–Kier alpha value is -5.16. The summed E-state index contributed by atoms with van der Waals surface area (Å²) in [5.74, 6) is -2.77. The van der Waals surface area contributed by atoms with E-state index in [2.05, 4.69) is 15.3 Å². The molecule has 6 unspecified atom stereocenters. The summed E-state index contributed by atoms with van der Waals surface area (Å²) in [6.45, 7) is 0.0983. The van der Waals surface area contributed by atoms with Crippen molar-refractivity contribution in [3.63, 3.8) is 0 Å². The van der Waals surface area contributed by atoms with Gasteiger partial charge in [-0.05, 0) is 25.0 Å². The Morgan fingerprint density at radius 2 is 1.61 bits per heavy atom. The lowest BCUT2D eigenvalue weighted by Crippen LogP contribution is -3.09. The number of rotatable bonds is 6. The van der Waals surface area contributed by atoms with E-state index >= 15 is 0 Å². The van der Waals surface area contributed by atoms with Crippen LogP contribution >= 0.6 is 0 Å². The first-order chi connectivity index (χ1) is 24.5. The third kappa shape index (κ3) is 5.28. The number of guanidine groups is 1. The van der Waals surface area contributed by atoms with Crippen molar-refractivity contribution >= 4 is 40.7 Å². The Morgan fingerprint density at radius 1 is 0.922 bits per heavy atom. The summed E-state index contributed by atoms with van der Waals surface area (Å²) >= 11 is 0. The molecule has 3 heterocycles. The number of para-hydroxylation sites is 1. The summed E-state index contributed by atoms with van der Waals surface area (Å²) in [7, 11) is 0. The molecule has 51 heavy (non-hydrogen) atoms. The number of nitrogens with one attached hydrogen (secondary N) is 3. The van der Waals surface area contributed by atoms with Gasteiger partial charge in [0.1, 0.15) is 30.1 Å². The zero-order valence-corrected chi connectivity index (χ0v) is 27.0. The number of phenols is 1. The number of nitrogens with zero attached hydrogens (tertiary/aromatic N) is 2. The molecule has 262 valence electrons. The second-order valence-corrected chi connectivity index (χ2v) is 13.4. The number of quaternary nitrogens is 1. The average molecular weight is 697 g/mol. The van der Waals surface area contributed by atoms with E-state index in [0.29, 0.717) is 29.0 Å². The Kier molecular flexibility index (Phi) is 7.94. The van der Waals surface area contributed by atoms with E-state index in [1.807, 2.05) is 0 Å². The van der Waals surface area contributed by atoms with E-state index in [1.165, 1.54) is 18.2 Å². The molecular formula is C36H34N5O10+. The van der Waals surface area contributed by atoms with Crippen LogP contribution in [0.2, 0.25) is 0 Å². The van der Waals surface area contributed by atoms with Crippen molar-refractivity contribution in [2.24, 2.45) is 9.98 Å². The topological polar surface area (TPSA) is 236 Å². The number of aliphatic hydroxyl groups excluding tert-OH is 3. The molecule has 3 aromatic carbocycles. The quantitative estimate of drug-likeness (QED) is 0.130. The number of amidine groups is 1. The fraction of sp³-hybridized carbons (Fsp3) is 0.333. The van der Waals surface area contributed by atoms with Gasteiger partial charge >= 0.3 is 0 Å². The zero-order chi connectivity index (χ0) is 35.8. The van der Waals surface area contributed by atoms with E-state index in [0.717, 1.165) is 0 Å². The number of aromatic hydroxyl groups is 1. The van der Waals surface area contributed by atoms with Crippen LogP contribution in [0.15, 0.2) is 64.6 Å². The summed E-state index contributed by atoms with van der Waals surface area (Å²) in [6, 6.07) is 14.7. The van der Waals surface area contributed by atoms with E-state index in [4.69, 9.17) is 14.9 Å². The van der Waals surface area contributed by atoms with Crippen LogP contribution in [0.1, 0.15) is 68.7 Å². The fourth-order valence-electron chi connectivity index (χ4n) is 7.76. The zero-order valence-electron chi connectivity index (χ0n) is 27.0. The largest absolute Gasteiger partial charge is 0.504 e. The molecule has 8 rings (SSSR count). The molecule has 6 atom stereocenters. The van der Waals surface area contributed by atoms with E-state index in [9.17, 15) is 39.9 Å². The molecule has 3 aromatic rings. The number of fused-ring (bicyclic) bond motifs is 3. The summed E-state index contributed by atoms with van der Waals surface area (Å²) in [4.78, 5) is 49.3. The first-order valence-electron chi connectivity index (χ1n) is 16.6. The van der Waals surface area contributed by atoms with Crippen molar-refractivity contribution in [3.05, 3.63) is 88.0 Å². The van der Waals surface area contributed by atoms with Crippen molar-refractivity contribution in [3.8, 4) is 11.5 Å². The smallest absolute Gasteiger partial charge is 0.284 e. The van der Waals surface area contributed by atoms with Gasteiger partial charge in [-0.25, -0.2) is 9.89 Å². The lowest BCUT2D eigenvalue weighted by molar-refractivity contribution is -0.723. The predicted octanol–water partition coefficient (Wildman–Crippen LogP) is -0.359. The van der Waals surface area contributed by atoms with Crippen LogP contribution in [-0.4, -0.2) is 103 Å². The first-order valence-corrected chi connectivity index (χ1v) is 16.6. The van der Waals surface area contributed by atoms with Crippen molar-refractivity contribution in [1.82, 2.24) is 5.32 Å². The van der Waals surface area contributed by atoms with Crippen LogP contribution in [-0.2, 0) is 16.0 Å². The number of aliphatic hydroxyl groups is 4. The van der Waals surface area contributed by atoms with Gasteiger partial charge < -0.3 is 35.0 Å². The number of ketones is 2. The number of benzene rings is 3. The molecule has 5 aliphatic rings. The molecule has 1 saturated heterocycles. The van der Waals surface area contributed by atoms with E-state index < -0.39 is 59.5 Å². The van der Waals surface area contributed by atoms with E-state index in [1.54, 1.807) is 36.4 Å². The minimum Gasteiger partial charge on any atom is -0.504 e. The molecule has 0 radical (unpaired) electrons. The molecule has 8 N–H and O–H groups in total. The third-order valence-corrected chi connectivity index (χ3v) is 10.3. The molecule has 15 heteroatoms. The SMILES string of the molecule is N=C1N=C2C(=NC[NH+]2c2ccccc2Cc2cc3c(c(O)c2OC2OC(C4(O)CCCC4)C(O)C(O)C2O)C(=O)c2ccccc2C3=O)C(=O)N1. The van der Waals surface area contributed by atoms with Crippen molar-refractivity contribution in [2.45, 2.75) is 68.4 Å². The minimum atomic E-state index is -1.84. The molecule has 15 nitrogen and oxygen atoms in total. The lowest BCUT2D eigenvalue weighted by Gasteiger charge is -2.45. The standard InChI is InChI=1S/C36H33N5O10/c37-35-39-32-23(33(48)40-35)38-15-41(32)21-10-4-1-7-16(21)13-17-14-20-22(25(43)19-9-3-2-8-18(19)24(20)42)26(44)30(17)50-34-29(47)27(45)28(46)31(51-34)36(49)11-5-6-12-36/h1-4,7-10,14,27-29,31,34,44-47,49H,5-6,11-13,15H2,(H2,37,40,48)/p+1. The third-order valence-electron chi connectivity index (χ3n) is 10.3. The predicted molar refractivity (Wildman–Crippen MR) is 178 cm³/mol. The van der Waals surface area contributed by atoms with Crippen LogP contribution in [0.5, 0.6) is 11.5 Å². The van der Waals surface area contributed by atoms with Gasteiger partial charge in [0.05, 0.1) is 11.2 Å². The van der Waals surface area contributed by atoms with Crippen molar-refractivity contribution in [2.75, 3.05) is 6.67 Å². The van der Waals surface area contributed by atoms with Crippen molar-refractivity contribution < 1.29 is 54.3 Å². The Morgan fingerprint density at radius 3 is 2.35 bits per heavy atom. The number of aliphatic imine (C=N–C) groups is 2. The van der Waals surface area contributed by atoms with Crippen LogP contribution in [0.3, 0.4) is 0 Å². The highest BCUT2D eigenvalue weighted by Crippen LogP contribution is 2.45. The van der Waals surface area contributed by atoms with Gasteiger partial charge in [-0.2, -0.15) is 4.99 Å². The molecule has 1 saturated carbocycles. The Labute approximate surface area is 290 Å². The summed E-state index contributed by atoms with van der Waals surface area (Å²) in [6.07, 6.45) is -6.51. The second-order valence-electron chi connectivity index (χ2n) is 13.4. The van der Waals surface area contributed by atoms with Gasteiger partial charge in [0.25, 0.3) is 11.7 Å². The minimum absolute atomic E-state index is 0.0351. The van der Waals surface area contributed by atoms with Crippen LogP contribution in [0, 0.1) is 5.41 Å². The van der Waals surface area contributed by atoms with Gasteiger partial charge in [0.15, 0.2) is 29.7 Å². The van der Waals surface area contributed by atoms with Crippen LogP contribution in [0.25, 0.3) is 0 Å². The molecule has 0 aromatic heterocycles. The number of hydrogen-bond acceptors (Lipinski definition) is 12. The molecule has 0 spiro atoms. The maximum Gasteiger partial charge on any atom is 0.284 e. The molecule has 2 fully saturated rings. The Bertz CT molecular complexity index is 2090. The second kappa shape index (κ2) is 12.3. The normalized spacial score (nSPS) is 28.0. The summed E-state index contributed by atoms with van der Waals surface area (Å²) < 4.78 is 12.1. The van der Waals surface area contributed by atoms with Crippen molar-refractivity contribution in [1.29, 1.82) is 5.41 Å². The molecule has 1 amide bonds. The maximum atomic E-state index is 13.8.